The van der Waals surface area contributed by atoms with Crippen LogP contribution in [0.5, 0.6) is 0 Å². The molecule has 1 aliphatic carbocycles. The molecule has 1 saturated carbocycles. The zero-order chi connectivity index (χ0) is 14.8. The Balaban J connectivity index is 2.25. The first-order valence-corrected chi connectivity index (χ1v) is 8.13. The van der Waals surface area contributed by atoms with E-state index in [0.717, 1.165) is 12.8 Å². The van der Waals surface area contributed by atoms with Crippen molar-refractivity contribution < 1.29 is 13.5 Å². The Bertz CT molecular complexity index is 568. The summed E-state index contributed by atoms with van der Waals surface area (Å²) in [4.78, 5) is 4.01. The number of aliphatic hydroxyl groups is 1. The molecule has 2 N–H and O–H groups in total. The van der Waals surface area contributed by atoms with E-state index in [0.29, 0.717) is 18.5 Å². The number of hydrogen-bond acceptors (Lipinski definition) is 5. The molecule has 0 bridgehead atoms. The summed E-state index contributed by atoms with van der Waals surface area (Å²) in [5.41, 5.74) is -0.394. The van der Waals surface area contributed by atoms with Crippen molar-refractivity contribution in [1.82, 2.24) is 9.29 Å². The van der Waals surface area contributed by atoms with Crippen LogP contribution in [0, 0.1) is 0 Å². The van der Waals surface area contributed by atoms with Crippen molar-refractivity contribution in [3.8, 4) is 0 Å². The Morgan fingerprint density at radius 3 is 2.70 bits per heavy atom. The molecule has 0 aliphatic heterocycles. The lowest BCUT2D eigenvalue weighted by Gasteiger charge is -2.28. The number of hydrogen-bond donors (Lipinski definition) is 2. The van der Waals surface area contributed by atoms with Crippen LogP contribution in [0.3, 0.4) is 0 Å². The van der Waals surface area contributed by atoms with Gasteiger partial charge < -0.3 is 10.4 Å². The molecule has 112 valence electrons. The minimum absolute atomic E-state index is 0.118. The lowest BCUT2D eigenvalue weighted by molar-refractivity contribution is 0.0333. The van der Waals surface area contributed by atoms with Crippen molar-refractivity contribution >= 4 is 15.7 Å². The maximum atomic E-state index is 12.6. The molecule has 1 fully saturated rings. The van der Waals surface area contributed by atoms with Gasteiger partial charge in [0.2, 0.25) is 10.0 Å². The van der Waals surface area contributed by atoms with Gasteiger partial charge in [-0.05, 0) is 18.9 Å². The Morgan fingerprint density at radius 1 is 1.45 bits per heavy atom. The normalized spacial score (nSPS) is 18.4. The van der Waals surface area contributed by atoms with Gasteiger partial charge in [0.15, 0.2) is 0 Å². The van der Waals surface area contributed by atoms with E-state index in [1.807, 2.05) is 0 Å². The molecule has 0 amide bonds. The summed E-state index contributed by atoms with van der Waals surface area (Å²) in [5.74, 6) is 0. The van der Waals surface area contributed by atoms with Crippen molar-refractivity contribution in [2.24, 2.45) is 0 Å². The maximum absolute atomic E-state index is 12.6. The molecular formula is C13H21N3O3S. The van der Waals surface area contributed by atoms with Crippen molar-refractivity contribution in [3.05, 3.63) is 18.5 Å². The minimum Gasteiger partial charge on any atom is -0.389 e. The summed E-state index contributed by atoms with van der Waals surface area (Å²) in [6.07, 6.45) is 6.06. The van der Waals surface area contributed by atoms with Gasteiger partial charge in [-0.3, -0.25) is 4.98 Å². The highest BCUT2D eigenvalue weighted by molar-refractivity contribution is 7.89. The second-order valence-corrected chi connectivity index (χ2v) is 7.33. The summed E-state index contributed by atoms with van der Waals surface area (Å²) in [5, 5.41) is 13.2. The van der Waals surface area contributed by atoms with Gasteiger partial charge in [-0.15, -0.1) is 0 Å². The summed E-state index contributed by atoms with van der Waals surface area (Å²) in [6, 6.07) is 1.62. The number of rotatable bonds is 5. The average Bonchev–Trinajstić information content (AvgIpc) is 2.85. The van der Waals surface area contributed by atoms with Crippen LogP contribution in [0.2, 0.25) is 0 Å². The quantitative estimate of drug-likeness (QED) is 0.849. The van der Waals surface area contributed by atoms with E-state index in [4.69, 9.17) is 0 Å². The van der Waals surface area contributed by atoms with Crippen molar-refractivity contribution in [2.75, 3.05) is 26.0 Å². The van der Waals surface area contributed by atoms with Crippen LogP contribution in [0.25, 0.3) is 0 Å². The predicted octanol–water partition coefficient (Wildman–Crippen LogP) is 1.05. The molecule has 20 heavy (non-hydrogen) atoms. The highest BCUT2D eigenvalue weighted by Crippen LogP contribution is 2.32. The van der Waals surface area contributed by atoms with Crippen LogP contribution in [-0.4, -0.2) is 49.1 Å². The Morgan fingerprint density at radius 2 is 2.10 bits per heavy atom. The van der Waals surface area contributed by atoms with Crippen LogP contribution in [-0.2, 0) is 10.0 Å². The number of nitrogens with zero attached hydrogens (tertiary/aromatic N) is 2. The summed E-state index contributed by atoms with van der Waals surface area (Å²) in [7, 11) is -0.495. The monoisotopic (exact) mass is 299 g/mol. The number of pyridine rings is 1. The second kappa shape index (κ2) is 5.67. The molecule has 0 aromatic carbocycles. The van der Waals surface area contributed by atoms with Gasteiger partial charge in [0.05, 0.1) is 11.3 Å². The number of anilines is 1. The molecular weight excluding hydrogens is 278 g/mol. The molecule has 0 atom stereocenters. The largest absolute Gasteiger partial charge is 0.389 e. The first-order chi connectivity index (χ1) is 9.39. The Labute approximate surface area is 119 Å². The lowest BCUT2D eigenvalue weighted by Crippen LogP contribution is -2.42. The van der Waals surface area contributed by atoms with E-state index in [1.54, 1.807) is 13.1 Å². The van der Waals surface area contributed by atoms with E-state index in [9.17, 15) is 13.5 Å². The zero-order valence-electron chi connectivity index (χ0n) is 11.8. The molecule has 1 aromatic heterocycles. The number of likely N-dealkylation sites (N-methyl/N-ethyl adjacent to an activating group) is 1. The molecule has 0 unspecified atom stereocenters. The number of sulfonamides is 1. The number of aromatic nitrogens is 1. The fourth-order valence-electron chi connectivity index (χ4n) is 2.65. The molecule has 0 radical (unpaired) electrons. The fraction of sp³-hybridized carbons (Fsp3) is 0.615. The van der Waals surface area contributed by atoms with Crippen LogP contribution in [0.4, 0.5) is 5.69 Å². The molecule has 1 aliphatic rings. The third kappa shape index (κ3) is 2.94. The average molecular weight is 299 g/mol. The van der Waals surface area contributed by atoms with Gasteiger partial charge in [0.1, 0.15) is 4.90 Å². The van der Waals surface area contributed by atoms with Crippen molar-refractivity contribution in [3.63, 3.8) is 0 Å². The standard InChI is InChI=1S/C13H21N3O3S/c1-14-11-5-8-15-9-12(11)20(18,19)16(2)10-13(17)6-3-4-7-13/h5,8-9,17H,3-4,6-7,10H2,1-2H3,(H,14,15). The minimum atomic E-state index is -3.66. The smallest absolute Gasteiger partial charge is 0.246 e. The molecule has 1 heterocycles. The molecule has 6 nitrogen and oxygen atoms in total. The van der Waals surface area contributed by atoms with Crippen molar-refractivity contribution in [1.29, 1.82) is 0 Å². The summed E-state index contributed by atoms with van der Waals surface area (Å²) >= 11 is 0. The Hall–Kier alpha value is -1.18. The van der Waals surface area contributed by atoms with E-state index < -0.39 is 15.6 Å². The third-order valence-corrected chi connectivity index (χ3v) is 5.62. The second-order valence-electron chi connectivity index (χ2n) is 5.31. The van der Waals surface area contributed by atoms with Crippen LogP contribution < -0.4 is 5.32 Å². The molecule has 7 heteroatoms. The number of nitrogens with one attached hydrogen (secondary N) is 1. The molecule has 0 saturated heterocycles. The molecule has 0 spiro atoms. The third-order valence-electron chi connectivity index (χ3n) is 3.79. The summed E-state index contributed by atoms with van der Waals surface area (Å²) < 4.78 is 26.4. The highest BCUT2D eigenvalue weighted by atomic mass is 32.2. The van der Waals surface area contributed by atoms with Gasteiger partial charge in [-0.2, -0.15) is 4.31 Å². The van der Waals surface area contributed by atoms with Gasteiger partial charge in [0.25, 0.3) is 0 Å². The zero-order valence-corrected chi connectivity index (χ0v) is 12.7. The van der Waals surface area contributed by atoms with Gasteiger partial charge in [0, 0.05) is 33.0 Å². The van der Waals surface area contributed by atoms with E-state index in [2.05, 4.69) is 10.3 Å². The lowest BCUT2D eigenvalue weighted by atomic mass is 10.0. The van der Waals surface area contributed by atoms with E-state index in [-0.39, 0.29) is 11.4 Å². The summed E-state index contributed by atoms with van der Waals surface area (Å²) in [6.45, 7) is 0.118. The first kappa shape index (κ1) is 15.2. The van der Waals surface area contributed by atoms with Crippen LogP contribution in [0.15, 0.2) is 23.4 Å². The van der Waals surface area contributed by atoms with Crippen molar-refractivity contribution in [2.45, 2.75) is 36.2 Å². The SMILES string of the molecule is CNc1ccncc1S(=O)(=O)N(C)CC1(O)CCCC1. The highest BCUT2D eigenvalue weighted by Gasteiger charge is 2.36. The van der Waals surface area contributed by atoms with Crippen LogP contribution in [0.1, 0.15) is 25.7 Å². The first-order valence-electron chi connectivity index (χ1n) is 6.69. The van der Waals surface area contributed by atoms with E-state index in [1.165, 1.54) is 23.7 Å². The van der Waals surface area contributed by atoms with Gasteiger partial charge >= 0.3 is 0 Å². The van der Waals surface area contributed by atoms with Gasteiger partial charge in [-0.1, -0.05) is 12.8 Å². The fourth-order valence-corrected chi connectivity index (χ4v) is 4.04. The topological polar surface area (TPSA) is 82.5 Å². The molecule has 1 aromatic rings. The molecule has 2 rings (SSSR count). The van der Waals surface area contributed by atoms with Gasteiger partial charge in [-0.25, -0.2) is 8.42 Å². The predicted molar refractivity (Wildman–Crippen MR) is 77.0 cm³/mol. The maximum Gasteiger partial charge on any atom is 0.246 e. The Kier molecular flexibility index (Phi) is 4.31. The van der Waals surface area contributed by atoms with E-state index >= 15 is 0 Å². The van der Waals surface area contributed by atoms with Crippen LogP contribution >= 0.6 is 0 Å².